The molecule has 28 heavy (non-hydrogen) atoms. The highest BCUT2D eigenvalue weighted by Gasteiger charge is 2.24. The summed E-state index contributed by atoms with van der Waals surface area (Å²) in [7, 11) is 0. The number of rotatable bonds is 6. The van der Waals surface area contributed by atoms with Crippen molar-refractivity contribution in [3.8, 4) is 5.75 Å². The number of hydrogen-bond acceptors (Lipinski definition) is 9. The highest BCUT2D eigenvalue weighted by Crippen LogP contribution is 2.24. The first-order chi connectivity index (χ1) is 13.7. The number of carbonyl (C=O) groups is 1. The quantitative estimate of drug-likeness (QED) is 0.578. The molecule has 0 spiro atoms. The maximum absolute atomic E-state index is 12.2. The molecule has 1 aromatic carbocycles. The molecule has 10 heteroatoms. The van der Waals surface area contributed by atoms with Crippen molar-refractivity contribution in [2.75, 3.05) is 28.6 Å². The second-order valence-electron chi connectivity index (χ2n) is 6.47. The van der Waals surface area contributed by atoms with E-state index in [-0.39, 0.29) is 24.1 Å². The molecule has 0 saturated carbocycles. The normalized spacial score (nSPS) is 16.1. The standard InChI is InChI=1S/C18H19N7O2S/c26-14-4-1-3-12(9-14)10-16(27)21-18-24-23-17(28-18)20-13-6-8-25(11-13)15-5-2-7-19-22-15/h1-5,7,9,13,26H,6,8,10-11H2,(H,20,23)(H,21,24,27)/t13-/m1/s1. The lowest BCUT2D eigenvalue weighted by Gasteiger charge is -2.16. The third kappa shape index (κ3) is 4.52. The number of nitrogens with zero attached hydrogens (tertiary/aromatic N) is 5. The Kier molecular flexibility index (Phi) is 5.29. The van der Waals surface area contributed by atoms with Crippen LogP contribution in [0.1, 0.15) is 12.0 Å². The Hall–Kier alpha value is -3.27. The van der Waals surface area contributed by atoms with E-state index < -0.39 is 0 Å². The van der Waals surface area contributed by atoms with E-state index >= 15 is 0 Å². The predicted octanol–water partition coefficient (Wildman–Crippen LogP) is 1.91. The van der Waals surface area contributed by atoms with Crippen LogP contribution in [0.15, 0.2) is 42.6 Å². The van der Waals surface area contributed by atoms with Gasteiger partial charge in [-0.3, -0.25) is 4.79 Å². The van der Waals surface area contributed by atoms with Crippen LogP contribution >= 0.6 is 11.3 Å². The maximum Gasteiger partial charge on any atom is 0.230 e. The first-order valence-electron chi connectivity index (χ1n) is 8.86. The number of nitrogens with one attached hydrogen (secondary N) is 2. The van der Waals surface area contributed by atoms with Crippen LogP contribution in [0.5, 0.6) is 5.75 Å². The Morgan fingerprint density at radius 3 is 2.93 bits per heavy atom. The zero-order valence-corrected chi connectivity index (χ0v) is 15.8. The van der Waals surface area contributed by atoms with E-state index in [1.54, 1.807) is 30.5 Å². The van der Waals surface area contributed by atoms with Crippen molar-refractivity contribution in [2.24, 2.45) is 0 Å². The van der Waals surface area contributed by atoms with Crippen molar-refractivity contribution in [1.29, 1.82) is 0 Å². The fourth-order valence-electron chi connectivity index (χ4n) is 3.07. The van der Waals surface area contributed by atoms with Gasteiger partial charge in [0, 0.05) is 25.3 Å². The van der Waals surface area contributed by atoms with Gasteiger partial charge in [0.15, 0.2) is 5.82 Å². The highest BCUT2D eigenvalue weighted by molar-refractivity contribution is 7.19. The summed E-state index contributed by atoms with van der Waals surface area (Å²) >= 11 is 1.30. The molecule has 3 aromatic rings. The van der Waals surface area contributed by atoms with E-state index in [9.17, 15) is 9.90 Å². The van der Waals surface area contributed by atoms with Gasteiger partial charge in [0.1, 0.15) is 5.75 Å². The van der Waals surface area contributed by atoms with E-state index in [2.05, 4.69) is 35.9 Å². The number of phenols is 1. The molecular weight excluding hydrogens is 378 g/mol. The maximum atomic E-state index is 12.2. The van der Waals surface area contributed by atoms with Gasteiger partial charge in [0.25, 0.3) is 0 Å². The van der Waals surface area contributed by atoms with Crippen molar-refractivity contribution in [2.45, 2.75) is 18.9 Å². The predicted molar refractivity (Wildman–Crippen MR) is 107 cm³/mol. The first-order valence-corrected chi connectivity index (χ1v) is 9.68. The van der Waals surface area contributed by atoms with Crippen LogP contribution in [0.3, 0.4) is 0 Å². The largest absolute Gasteiger partial charge is 0.508 e. The summed E-state index contributed by atoms with van der Waals surface area (Å²) in [5.41, 5.74) is 0.732. The molecule has 1 atom stereocenters. The Morgan fingerprint density at radius 2 is 2.11 bits per heavy atom. The van der Waals surface area contributed by atoms with Gasteiger partial charge in [-0.2, -0.15) is 5.10 Å². The molecule has 144 valence electrons. The molecule has 3 heterocycles. The van der Waals surface area contributed by atoms with Crippen molar-refractivity contribution in [3.63, 3.8) is 0 Å². The topological polar surface area (TPSA) is 116 Å². The molecule has 1 fully saturated rings. The van der Waals surface area contributed by atoms with E-state index in [1.165, 1.54) is 11.3 Å². The van der Waals surface area contributed by atoms with Crippen LogP contribution in [0, 0.1) is 0 Å². The van der Waals surface area contributed by atoms with Gasteiger partial charge in [-0.05, 0) is 36.2 Å². The van der Waals surface area contributed by atoms with E-state index in [4.69, 9.17) is 0 Å². The van der Waals surface area contributed by atoms with E-state index in [0.717, 1.165) is 30.9 Å². The zero-order chi connectivity index (χ0) is 19.3. The molecule has 1 amide bonds. The Balaban J connectivity index is 1.29. The van der Waals surface area contributed by atoms with Crippen molar-refractivity contribution < 1.29 is 9.90 Å². The van der Waals surface area contributed by atoms with Crippen LogP contribution in [0.4, 0.5) is 16.1 Å². The molecular formula is C18H19N7O2S. The number of aromatic nitrogens is 4. The van der Waals surface area contributed by atoms with Crippen molar-refractivity contribution in [1.82, 2.24) is 20.4 Å². The molecule has 1 aliphatic rings. The van der Waals surface area contributed by atoms with Crippen LogP contribution in [0.25, 0.3) is 0 Å². The lowest BCUT2D eigenvalue weighted by molar-refractivity contribution is -0.115. The summed E-state index contributed by atoms with van der Waals surface area (Å²) in [4.78, 5) is 14.3. The van der Waals surface area contributed by atoms with Crippen LogP contribution in [-0.4, -0.2) is 50.5 Å². The summed E-state index contributed by atoms with van der Waals surface area (Å²) in [6.45, 7) is 1.69. The summed E-state index contributed by atoms with van der Waals surface area (Å²) in [6.07, 6.45) is 2.77. The van der Waals surface area contributed by atoms with E-state index in [0.29, 0.717) is 10.3 Å². The van der Waals surface area contributed by atoms with Crippen molar-refractivity contribution in [3.05, 3.63) is 48.2 Å². The second-order valence-corrected chi connectivity index (χ2v) is 7.44. The molecule has 0 unspecified atom stereocenters. The fourth-order valence-corrected chi connectivity index (χ4v) is 3.81. The molecule has 2 aromatic heterocycles. The number of carbonyl (C=O) groups excluding carboxylic acids is 1. The minimum Gasteiger partial charge on any atom is -0.508 e. The van der Waals surface area contributed by atoms with Gasteiger partial charge in [-0.15, -0.1) is 15.3 Å². The average molecular weight is 397 g/mol. The third-order valence-corrected chi connectivity index (χ3v) is 5.11. The number of anilines is 3. The van der Waals surface area contributed by atoms with Crippen molar-refractivity contribution >= 4 is 33.3 Å². The van der Waals surface area contributed by atoms with Crippen LogP contribution in [-0.2, 0) is 11.2 Å². The third-order valence-electron chi connectivity index (χ3n) is 4.34. The lowest BCUT2D eigenvalue weighted by atomic mass is 10.1. The molecule has 0 bridgehead atoms. The second kappa shape index (κ2) is 8.17. The summed E-state index contributed by atoms with van der Waals surface area (Å²) in [6, 6.07) is 10.7. The minimum atomic E-state index is -0.206. The monoisotopic (exact) mass is 397 g/mol. The summed E-state index contributed by atoms with van der Waals surface area (Å²) < 4.78 is 0. The number of phenolic OH excluding ortho intramolecular Hbond substituents is 1. The molecule has 0 radical (unpaired) electrons. The summed E-state index contributed by atoms with van der Waals surface area (Å²) in [5.74, 6) is 0.798. The number of benzene rings is 1. The molecule has 3 N–H and O–H groups in total. The van der Waals surface area contributed by atoms with Gasteiger partial charge in [-0.1, -0.05) is 23.5 Å². The van der Waals surface area contributed by atoms with Crippen LogP contribution in [0.2, 0.25) is 0 Å². The Morgan fingerprint density at radius 1 is 1.21 bits per heavy atom. The van der Waals surface area contributed by atoms with Gasteiger partial charge >= 0.3 is 0 Å². The minimum absolute atomic E-state index is 0.139. The number of aromatic hydroxyl groups is 1. The molecule has 0 aliphatic carbocycles. The molecule has 4 rings (SSSR count). The lowest BCUT2D eigenvalue weighted by Crippen LogP contribution is -2.26. The van der Waals surface area contributed by atoms with Gasteiger partial charge < -0.3 is 20.6 Å². The smallest absolute Gasteiger partial charge is 0.230 e. The molecule has 1 aliphatic heterocycles. The van der Waals surface area contributed by atoms with Gasteiger partial charge in [-0.25, -0.2) is 0 Å². The highest BCUT2D eigenvalue weighted by atomic mass is 32.1. The first kappa shape index (κ1) is 18.1. The summed E-state index contributed by atoms with van der Waals surface area (Å²) in [5, 5.41) is 32.9. The zero-order valence-electron chi connectivity index (χ0n) is 14.9. The Bertz CT molecular complexity index is 950. The Labute approximate surface area is 165 Å². The molecule has 9 nitrogen and oxygen atoms in total. The fraction of sp³-hybridized carbons (Fsp3) is 0.278. The van der Waals surface area contributed by atoms with E-state index in [1.807, 2.05) is 12.1 Å². The van der Waals surface area contributed by atoms with Gasteiger partial charge in [0.05, 0.1) is 6.42 Å². The SMILES string of the molecule is O=C(Cc1cccc(O)c1)Nc1nnc(N[C@@H]2CCN(c3cccnn3)C2)s1. The number of amides is 1. The molecule has 1 saturated heterocycles. The number of hydrogen-bond donors (Lipinski definition) is 3. The van der Waals surface area contributed by atoms with Crippen LogP contribution < -0.4 is 15.5 Å². The van der Waals surface area contributed by atoms with Gasteiger partial charge in [0.2, 0.25) is 16.2 Å². The average Bonchev–Trinajstić information content (AvgIpc) is 3.32.